The molecule has 4 heteroatoms. The van der Waals surface area contributed by atoms with Crippen molar-refractivity contribution in [2.24, 2.45) is 5.73 Å². The van der Waals surface area contributed by atoms with Gasteiger partial charge in [0.25, 0.3) is 0 Å². The largest absolute Gasteiger partial charge is 0.497 e. The molecule has 4 nitrogen and oxygen atoms in total. The van der Waals surface area contributed by atoms with E-state index in [1.807, 2.05) is 35.1 Å². The second-order valence-electron chi connectivity index (χ2n) is 4.65. The predicted molar refractivity (Wildman–Crippen MR) is 70.0 cm³/mol. The van der Waals surface area contributed by atoms with E-state index in [1.165, 1.54) is 18.5 Å². The van der Waals surface area contributed by atoms with Crippen LogP contribution in [0.5, 0.6) is 5.75 Å². The van der Waals surface area contributed by atoms with Gasteiger partial charge in [-0.05, 0) is 25.0 Å². The van der Waals surface area contributed by atoms with Crippen LogP contribution in [0.1, 0.15) is 30.0 Å². The zero-order valence-electron chi connectivity index (χ0n) is 10.5. The number of ether oxygens (including phenoxy) is 1. The summed E-state index contributed by atoms with van der Waals surface area (Å²) in [5, 5.41) is 4.47. The first-order valence-corrected chi connectivity index (χ1v) is 6.24. The van der Waals surface area contributed by atoms with Crippen molar-refractivity contribution in [3.8, 4) is 11.4 Å². The number of hydrogen-bond acceptors (Lipinski definition) is 3. The van der Waals surface area contributed by atoms with Gasteiger partial charge in [-0.2, -0.15) is 5.10 Å². The molecule has 1 heterocycles. The lowest BCUT2D eigenvalue weighted by molar-refractivity contribution is 0.414. The Morgan fingerprint density at radius 3 is 2.94 bits per heavy atom. The minimum atomic E-state index is 0.551. The Labute approximate surface area is 106 Å². The molecule has 1 aliphatic carbocycles. The molecule has 0 spiro atoms. The monoisotopic (exact) mass is 243 g/mol. The van der Waals surface area contributed by atoms with E-state index in [-0.39, 0.29) is 0 Å². The summed E-state index contributed by atoms with van der Waals surface area (Å²) in [6.07, 6.45) is 4.36. The zero-order valence-corrected chi connectivity index (χ0v) is 10.5. The lowest BCUT2D eigenvalue weighted by Crippen LogP contribution is -2.05. The van der Waals surface area contributed by atoms with E-state index in [4.69, 9.17) is 10.5 Å². The lowest BCUT2D eigenvalue weighted by Gasteiger charge is -2.09. The molecule has 0 unspecified atom stereocenters. The van der Waals surface area contributed by atoms with Crippen LogP contribution < -0.4 is 10.5 Å². The van der Waals surface area contributed by atoms with Gasteiger partial charge in [0.2, 0.25) is 0 Å². The standard InChI is InChI=1S/C14H17N3O/c1-18-13-4-2-3-12(7-13)17-14(10-5-6-10)11(8-15)9-16-17/h2-4,7,9-10H,5-6,8,15H2,1H3. The fourth-order valence-electron chi connectivity index (χ4n) is 2.29. The Morgan fingerprint density at radius 1 is 1.44 bits per heavy atom. The molecule has 1 aromatic carbocycles. The quantitative estimate of drug-likeness (QED) is 0.895. The van der Waals surface area contributed by atoms with Crippen molar-refractivity contribution in [1.82, 2.24) is 9.78 Å². The molecule has 0 atom stereocenters. The third kappa shape index (κ3) is 1.88. The van der Waals surface area contributed by atoms with Crippen LogP contribution in [0.15, 0.2) is 30.5 Å². The van der Waals surface area contributed by atoms with Gasteiger partial charge in [0, 0.05) is 24.1 Å². The highest BCUT2D eigenvalue weighted by atomic mass is 16.5. The fourth-order valence-corrected chi connectivity index (χ4v) is 2.29. The van der Waals surface area contributed by atoms with Crippen LogP contribution in [-0.2, 0) is 6.54 Å². The van der Waals surface area contributed by atoms with Crippen LogP contribution >= 0.6 is 0 Å². The van der Waals surface area contributed by atoms with Crippen molar-refractivity contribution in [2.45, 2.75) is 25.3 Å². The van der Waals surface area contributed by atoms with Crippen LogP contribution in [0.3, 0.4) is 0 Å². The Bertz CT molecular complexity index is 558. The highest BCUT2D eigenvalue weighted by Gasteiger charge is 2.30. The third-order valence-corrected chi connectivity index (χ3v) is 3.37. The van der Waals surface area contributed by atoms with Gasteiger partial charge in [-0.15, -0.1) is 0 Å². The first-order valence-electron chi connectivity index (χ1n) is 6.24. The molecule has 0 saturated heterocycles. The predicted octanol–water partition coefficient (Wildman–Crippen LogP) is 2.22. The summed E-state index contributed by atoms with van der Waals surface area (Å²) in [6.45, 7) is 0.551. The van der Waals surface area contributed by atoms with Crippen molar-refractivity contribution < 1.29 is 4.74 Å². The number of benzene rings is 1. The summed E-state index contributed by atoms with van der Waals surface area (Å²) in [5.41, 5.74) is 9.25. The normalized spacial score (nSPS) is 14.8. The summed E-state index contributed by atoms with van der Waals surface area (Å²) in [5.74, 6) is 1.47. The number of nitrogens with two attached hydrogens (primary N) is 1. The maximum atomic E-state index is 5.79. The highest BCUT2D eigenvalue weighted by molar-refractivity contribution is 5.42. The maximum Gasteiger partial charge on any atom is 0.121 e. The van der Waals surface area contributed by atoms with Crippen molar-refractivity contribution in [2.75, 3.05) is 7.11 Å². The Hall–Kier alpha value is -1.81. The molecule has 2 N–H and O–H groups in total. The molecule has 18 heavy (non-hydrogen) atoms. The number of methoxy groups -OCH3 is 1. The second-order valence-corrected chi connectivity index (χ2v) is 4.65. The molecular formula is C14H17N3O. The first kappa shape index (κ1) is 11.3. The zero-order chi connectivity index (χ0) is 12.5. The Kier molecular flexibility index (Phi) is 2.80. The topological polar surface area (TPSA) is 53.1 Å². The van der Waals surface area contributed by atoms with Crippen LogP contribution in [0, 0.1) is 0 Å². The van der Waals surface area contributed by atoms with Gasteiger partial charge in [0.15, 0.2) is 0 Å². The maximum absolute atomic E-state index is 5.79. The van der Waals surface area contributed by atoms with Gasteiger partial charge < -0.3 is 10.5 Å². The molecule has 2 aromatic rings. The third-order valence-electron chi connectivity index (χ3n) is 3.37. The SMILES string of the molecule is COc1cccc(-n2ncc(CN)c2C2CC2)c1. The lowest BCUT2D eigenvalue weighted by atomic mass is 10.1. The Balaban J connectivity index is 2.07. The Morgan fingerprint density at radius 2 is 2.28 bits per heavy atom. The van der Waals surface area contributed by atoms with Gasteiger partial charge in [-0.3, -0.25) is 0 Å². The van der Waals surface area contributed by atoms with E-state index in [9.17, 15) is 0 Å². The van der Waals surface area contributed by atoms with E-state index in [0.29, 0.717) is 12.5 Å². The van der Waals surface area contributed by atoms with Crippen molar-refractivity contribution >= 4 is 0 Å². The van der Waals surface area contributed by atoms with Gasteiger partial charge in [-0.1, -0.05) is 6.07 Å². The van der Waals surface area contributed by atoms with E-state index in [0.717, 1.165) is 17.0 Å². The smallest absolute Gasteiger partial charge is 0.121 e. The van der Waals surface area contributed by atoms with E-state index >= 15 is 0 Å². The van der Waals surface area contributed by atoms with Crippen molar-refractivity contribution in [3.05, 3.63) is 41.7 Å². The molecule has 0 amide bonds. The van der Waals surface area contributed by atoms with Gasteiger partial charge >= 0.3 is 0 Å². The summed E-state index contributed by atoms with van der Waals surface area (Å²) in [7, 11) is 1.68. The minimum absolute atomic E-state index is 0.551. The minimum Gasteiger partial charge on any atom is -0.497 e. The second kappa shape index (κ2) is 4.46. The van der Waals surface area contributed by atoms with Crippen LogP contribution in [0.2, 0.25) is 0 Å². The number of rotatable bonds is 4. The van der Waals surface area contributed by atoms with Crippen molar-refractivity contribution in [1.29, 1.82) is 0 Å². The molecule has 0 radical (unpaired) electrons. The number of hydrogen-bond donors (Lipinski definition) is 1. The molecule has 0 aliphatic heterocycles. The summed E-state index contributed by atoms with van der Waals surface area (Å²) in [6, 6.07) is 7.96. The van der Waals surface area contributed by atoms with E-state index < -0.39 is 0 Å². The molecule has 0 bridgehead atoms. The molecule has 1 fully saturated rings. The van der Waals surface area contributed by atoms with Crippen LogP contribution in [-0.4, -0.2) is 16.9 Å². The molecular weight excluding hydrogens is 226 g/mol. The highest BCUT2D eigenvalue weighted by Crippen LogP contribution is 2.42. The first-order chi connectivity index (χ1) is 8.83. The summed E-state index contributed by atoms with van der Waals surface area (Å²) in [4.78, 5) is 0. The van der Waals surface area contributed by atoms with E-state index in [2.05, 4.69) is 5.10 Å². The molecule has 1 saturated carbocycles. The number of nitrogens with zero attached hydrogens (tertiary/aromatic N) is 2. The van der Waals surface area contributed by atoms with E-state index in [1.54, 1.807) is 7.11 Å². The summed E-state index contributed by atoms with van der Waals surface area (Å²) >= 11 is 0. The average Bonchev–Trinajstić information content (AvgIpc) is 3.17. The van der Waals surface area contributed by atoms with Gasteiger partial charge in [0.1, 0.15) is 5.75 Å². The molecule has 94 valence electrons. The molecule has 1 aromatic heterocycles. The van der Waals surface area contributed by atoms with Crippen molar-refractivity contribution in [3.63, 3.8) is 0 Å². The van der Waals surface area contributed by atoms with Gasteiger partial charge in [0.05, 0.1) is 24.7 Å². The average molecular weight is 243 g/mol. The molecule has 3 rings (SSSR count). The number of aromatic nitrogens is 2. The van der Waals surface area contributed by atoms with Gasteiger partial charge in [-0.25, -0.2) is 4.68 Å². The van der Waals surface area contributed by atoms with Crippen LogP contribution in [0.25, 0.3) is 5.69 Å². The fraction of sp³-hybridized carbons (Fsp3) is 0.357. The molecule has 1 aliphatic rings. The van der Waals surface area contributed by atoms with Crippen LogP contribution in [0.4, 0.5) is 0 Å². The summed E-state index contributed by atoms with van der Waals surface area (Å²) < 4.78 is 7.26.